The first-order valence-electron chi connectivity index (χ1n) is 9.94. The summed E-state index contributed by atoms with van der Waals surface area (Å²) in [6.07, 6.45) is 3.99. The molecule has 2 aliphatic rings. The Hall–Kier alpha value is -1.91. The van der Waals surface area contributed by atoms with Gasteiger partial charge in [-0.15, -0.1) is 12.4 Å². The molecule has 3 nitrogen and oxygen atoms in total. The molecule has 0 aromatic heterocycles. The molecule has 5 heteroatoms. The highest BCUT2D eigenvalue weighted by Gasteiger charge is 2.27. The molecule has 0 bridgehead atoms. The number of ketones is 1. The molecule has 0 N–H and O–H groups in total. The molecule has 2 aliphatic heterocycles. The number of carbonyl (C=O) groups excluding carboxylic acids is 1. The number of halogens is 2. The molecule has 0 saturated carbocycles. The topological polar surface area (TPSA) is 29.5 Å². The first-order chi connectivity index (χ1) is 13.2. The van der Waals surface area contributed by atoms with Crippen LogP contribution < -0.4 is 4.74 Å². The van der Waals surface area contributed by atoms with Gasteiger partial charge in [0.05, 0.1) is 6.61 Å². The van der Waals surface area contributed by atoms with E-state index in [1.54, 1.807) is 12.1 Å². The monoisotopic (exact) mass is 403 g/mol. The number of para-hydroxylation sites is 1. The molecule has 2 aromatic rings. The summed E-state index contributed by atoms with van der Waals surface area (Å²) in [5.74, 6) is 1.53. The van der Waals surface area contributed by atoms with Gasteiger partial charge in [-0.3, -0.25) is 4.79 Å². The third-order valence-electron chi connectivity index (χ3n) is 5.96. The molecular formula is C23H27ClFNO2. The fourth-order valence-electron chi connectivity index (χ4n) is 4.32. The summed E-state index contributed by atoms with van der Waals surface area (Å²) in [5.41, 5.74) is 1.97. The van der Waals surface area contributed by atoms with Gasteiger partial charge in [0.25, 0.3) is 0 Å². The number of piperidine rings is 1. The van der Waals surface area contributed by atoms with Crippen LogP contribution in [0.15, 0.2) is 48.5 Å². The summed E-state index contributed by atoms with van der Waals surface area (Å²) in [6.45, 7) is 3.79. The number of fused-ring (bicyclic) bond motifs is 1. The number of ether oxygens (including phenoxy) is 1. The molecule has 28 heavy (non-hydrogen) atoms. The Balaban J connectivity index is 0.00000225. The largest absolute Gasteiger partial charge is 0.493 e. The van der Waals surface area contributed by atoms with Gasteiger partial charge in [0, 0.05) is 11.5 Å². The van der Waals surface area contributed by atoms with Crippen molar-refractivity contribution in [2.75, 3.05) is 26.2 Å². The highest BCUT2D eigenvalue weighted by Crippen LogP contribution is 2.35. The standard InChI is InChI=1S/C23H26FNO2.ClH/c24-20-7-5-18(6-8-20)23(26)19-10-14-25(15-11-19)13-9-17-12-16-27-22-4-2-1-3-21(17)22;/h1-8,17,19H,9-16H2;1H. The van der Waals surface area contributed by atoms with E-state index in [4.69, 9.17) is 4.74 Å². The van der Waals surface area contributed by atoms with E-state index in [-0.39, 0.29) is 29.9 Å². The SMILES string of the molecule is Cl.O=C(c1ccc(F)cc1)C1CCN(CCC2CCOc3ccccc32)CC1. The second-order valence-corrected chi connectivity index (χ2v) is 7.65. The molecule has 1 atom stereocenters. The molecule has 4 rings (SSSR count). The Bertz CT molecular complexity index is 787. The van der Waals surface area contributed by atoms with E-state index in [2.05, 4.69) is 23.1 Å². The van der Waals surface area contributed by atoms with Gasteiger partial charge in [-0.1, -0.05) is 18.2 Å². The predicted molar refractivity (Wildman–Crippen MR) is 111 cm³/mol. The van der Waals surface area contributed by atoms with Gasteiger partial charge in [0.2, 0.25) is 0 Å². The van der Waals surface area contributed by atoms with Crippen molar-refractivity contribution in [1.29, 1.82) is 0 Å². The number of carbonyl (C=O) groups is 1. The molecule has 2 aromatic carbocycles. The zero-order valence-electron chi connectivity index (χ0n) is 16.0. The van der Waals surface area contributed by atoms with Crippen molar-refractivity contribution >= 4 is 18.2 Å². The number of Topliss-reactive ketones (excluding diaryl/α,β-unsaturated/α-hetero) is 1. The quantitative estimate of drug-likeness (QED) is 0.650. The molecule has 1 saturated heterocycles. The fraction of sp³-hybridized carbons (Fsp3) is 0.435. The lowest BCUT2D eigenvalue weighted by Crippen LogP contribution is -2.37. The number of hydrogen-bond acceptors (Lipinski definition) is 3. The first-order valence-corrected chi connectivity index (χ1v) is 9.94. The Kier molecular flexibility index (Phi) is 7.08. The van der Waals surface area contributed by atoms with E-state index in [9.17, 15) is 9.18 Å². The number of likely N-dealkylation sites (tertiary alicyclic amines) is 1. The lowest BCUT2D eigenvalue weighted by molar-refractivity contribution is 0.0836. The zero-order valence-corrected chi connectivity index (χ0v) is 16.8. The van der Waals surface area contributed by atoms with Crippen molar-refractivity contribution in [2.45, 2.75) is 31.6 Å². The van der Waals surface area contributed by atoms with Crippen molar-refractivity contribution in [1.82, 2.24) is 4.90 Å². The van der Waals surface area contributed by atoms with Crippen LogP contribution in [0.1, 0.15) is 47.5 Å². The maximum Gasteiger partial charge on any atom is 0.166 e. The molecule has 0 amide bonds. The van der Waals surface area contributed by atoms with Gasteiger partial charge in [-0.25, -0.2) is 4.39 Å². The van der Waals surface area contributed by atoms with Crippen molar-refractivity contribution < 1.29 is 13.9 Å². The smallest absolute Gasteiger partial charge is 0.166 e. The van der Waals surface area contributed by atoms with Crippen molar-refractivity contribution in [3.05, 3.63) is 65.5 Å². The Morgan fingerprint density at radius 1 is 1.04 bits per heavy atom. The molecule has 0 radical (unpaired) electrons. The van der Waals surface area contributed by atoms with Crippen LogP contribution >= 0.6 is 12.4 Å². The summed E-state index contributed by atoms with van der Waals surface area (Å²) < 4.78 is 18.8. The van der Waals surface area contributed by atoms with Gasteiger partial charge >= 0.3 is 0 Å². The van der Waals surface area contributed by atoms with Gasteiger partial charge < -0.3 is 9.64 Å². The number of nitrogens with zero attached hydrogens (tertiary/aromatic N) is 1. The summed E-state index contributed by atoms with van der Waals surface area (Å²) in [6, 6.07) is 14.3. The number of rotatable bonds is 5. The summed E-state index contributed by atoms with van der Waals surface area (Å²) in [7, 11) is 0. The van der Waals surface area contributed by atoms with Crippen molar-refractivity contribution in [3.8, 4) is 5.75 Å². The average molecular weight is 404 g/mol. The third-order valence-corrected chi connectivity index (χ3v) is 5.96. The number of benzene rings is 2. The van der Waals surface area contributed by atoms with Gasteiger partial charge in [-0.05, 0) is 87.1 Å². The lowest BCUT2D eigenvalue weighted by atomic mass is 9.87. The van der Waals surface area contributed by atoms with Crippen LogP contribution in [0.4, 0.5) is 4.39 Å². The Labute approximate surface area is 172 Å². The van der Waals surface area contributed by atoms with Crippen LogP contribution in [-0.4, -0.2) is 36.9 Å². The average Bonchev–Trinajstić information content (AvgIpc) is 2.72. The summed E-state index contributed by atoms with van der Waals surface area (Å²) in [4.78, 5) is 15.1. The Morgan fingerprint density at radius 3 is 2.50 bits per heavy atom. The van der Waals surface area contributed by atoms with E-state index >= 15 is 0 Å². The molecule has 2 heterocycles. The van der Waals surface area contributed by atoms with Gasteiger partial charge in [0.15, 0.2) is 5.78 Å². The third kappa shape index (κ3) is 4.73. The van der Waals surface area contributed by atoms with Gasteiger partial charge in [0.1, 0.15) is 11.6 Å². The van der Waals surface area contributed by atoms with Crippen molar-refractivity contribution in [3.63, 3.8) is 0 Å². The highest BCUT2D eigenvalue weighted by molar-refractivity contribution is 5.97. The second kappa shape index (κ2) is 9.53. The molecule has 0 aliphatic carbocycles. The normalized spacial score (nSPS) is 20.0. The summed E-state index contributed by atoms with van der Waals surface area (Å²) in [5, 5.41) is 0. The minimum Gasteiger partial charge on any atom is -0.493 e. The van der Waals surface area contributed by atoms with Crippen LogP contribution in [0.3, 0.4) is 0 Å². The van der Waals surface area contributed by atoms with Gasteiger partial charge in [-0.2, -0.15) is 0 Å². The van der Waals surface area contributed by atoms with Crippen LogP contribution in [0, 0.1) is 11.7 Å². The second-order valence-electron chi connectivity index (χ2n) is 7.65. The highest BCUT2D eigenvalue weighted by atomic mass is 35.5. The van der Waals surface area contributed by atoms with Crippen LogP contribution in [0.25, 0.3) is 0 Å². The number of hydrogen-bond donors (Lipinski definition) is 0. The minimum atomic E-state index is -0.295. The molecule has 0 spiro atoms. The van der Waals surface area contributed by atoms with E-state index in [0.29, 0.717) is 11.5 Å². The fourth-order valence-corrected chi connectivity index (χ4v) is 4.32. The van der Waals surface area contributed by atoms with E-state index in [0.717, 1.165) is 57.7 Å². The summed E-state index contributed by atoms with van der Waals surface area (Å²) >= 11 is 0. The maximum absolute atomic E-state index is 13.0. The molecule has 1 fully saturated rings. The van der Waals surface area contributed by atoms with Crippen LogP contribution in [0.2, 0.25) is 0 Å². The Morgan fingerprint density at radius 2 is 1.75 bits per heavy atom. The first kappa shape index (κ1) is 20.8. The molecule has 1 unspecified atom stereocenters. The van der Waals surface area contributed by atoms with Crippen LogP contribution in [-0.2, 0) is 0 Å². The van der Waals surface area contributed by atoms with E-state index < -0.39 is 0 Å². The van der Waals surface area contributed by atoms with E-state index in [1.807, 2.05) is 6.07 Å². The maximum atomic E-state index is 13.0. The predicted octanol–water partition coefficient (Wildman–Crippen LogP) is 5.10. The van der Waals surface area contributed by atoms with Crippen molar-refractivity contribution in [2.24, 2.45) is 5.92 Å². The zero-order chi connectivity index (χ0) is 18.6. The molecular weight excluding hydrogens is 377 g/mol. The van der Waals surface area contributed by atoms with E-state index in [1.165, 1.54) is 17.7 Å². The molecule has 150 valence electrons. The lowest BCUT2D eigenvalue weighted by Gasteiger charge is -2.33. The minimum absolute atomic E-state index is 0. The van der Waals surface area contributed by atoms with Crippen LogP contribution in [0.5, 0.6) is 5.75 Å².